The predicted molar refractivity (Wildman–Crippen MR) is 90.5 cm³/mol. The fraction of sp³-hybridized carbons (Fsp3) is 0.125. The Morgan fingerprint density at radius 3 is 2.78 bits per heavy atom. The monoisotopic (exact) mass is 349 g/mol. The van der Waals surface area contributed by atoms with Crippen molar-refractivity contribution in [3.05, 3.63) is 58.5 Å². The highest BCUT2D eigenvalue weighted by Crippen LogP contribution is 2.23. The first-order valence-corrected chi connectivity index (χ1v) is 7.60. The number of ether oxygens (including phenoxy) is 1. The van der Waals surface area contributed by atoms with Crippen LogP contribution in [0, 0.1) is 6.92 Å². The van der Waals surface area contributed by atoms with Crippen LogP contribution in [-0.4, -0.2) is 21.9 Å². The van der Waals surface area contributed by atoms with Crippen molar-refractivity contribution in [2.45, 2.75) is 6.92 Å². The molecule has 23 heavy (non-hydrogen) atoms. The van der Waals surface area contributed by atoms with Crippen LogP contribution < -0.4 is 10.1 Å². The molecule has 2 aromatic heterocycles. The Morgan fingerprint density at radius 2 is 2.04 bits per heavy atom. The number of nitrogens with one attached hydrogen (secondary N) is 1. The fourth-order valence-electron chi connectivity index (χ4n) is 2.19. The molecule has 0 atom stereocenters. The van der Waals surface area contributed by atoms with Gasteiger partial charge in [-0.2, -0.15) is 0 Å². The van der Waals surface area contributed by atoms with Gasteiger partial charge in [0.25, 0.3) is 5.91 Å². The van der Waals surface area contributed by atoms with Gasteiger partial charge in [0, 0.05) is 28.1 Å². The zero-order valence-corrected chi connectivity index (χ0v) is 13.7. The number of benzene rings is 1. The van der Waals surface area contributed by atoms with Crippen LogP contribution in [0.3, 0.4) is 0 Å². The largest absolute Gasteiger partial charge is 0.480 e. The first kappa shape index (κ1) is 15.6. The van der Waals surface area contributed by atoms with Crippen molar-refractivity contribution in [2.75, 3.05) is 11.9 Å². The van der Waals surface area contributed by atoms with Gasteiger partial charge in [-0.15, -0.1) is 0 Å². The molecule has 2 heterocycles. The van der Waals surface area contributed by atoms with Crippen molar-refractivity contribution in [1.82, 2.24) is 9.38 Å². The number of rotatable bonds is 4. The van der Waals surface area contributed by atoms with Crippen LogP contribution in [0.4, 0.5) is 5.69 Å². The number of fused-ring (bicyclic) bond motifs is 1. The number of carbonyl (C=O) groups is 1. The average Bonchev–Trinajstić information content (AvgIpc) is 2.84. The Hall–Kier alpha value is -2.24. The maximum absolute atomic E-state index is 12.0. The number of carbonyl (C=O) groups excluding carboxylic acids is 1. The second-order valence-corrected chi connectivity index (χ2v) is 5.85. The molecule has 0 spiro atoms. The lowest BCUT2D eigenvalue weighted by atomic mass is 10.3. The van der Waals surface area contributed by atoms with Gasteiger partial charge < -0.3 is 14.5 Å². The van der Waals surface area contributed by atoms with Crippen molar-refractivity contribution in [3.8, 4) is 5.75 Å². The summed E-state index contributed by atoms with van der Waals surface area (Å²) in [6, 6.07) is 8.42. The molecule has 3 rings (SSSR count). The second kappa shape index (κ2) is 6.48. The molecule has 0 saturated carbocycles. The lowest BCUT2D eigenvalue weighted by Crippen LogP contribution is -2.20. The van der Waals surface area contributed by atoms with Gasteiger partial charge in [0.1, 0.15) is 0 Å². The number of hydrogen-bond donors (Lipinski definition) is 1. The molecule has 0 aliphatic heterocycles. The van der Waals surface area contributed by atoms with E-state index in [0.717, 1.165) is 5.69 Å². The van der Waals surface area contributed by atoms with E-state index in [0.29, 0.717) is 27.1 Å². The van der Waals surface area contributed by atoms with Crippen LogP contribution in [0.2, 0.25) is 10.0 Å². The van der Waals surface area contributed by atoms with Crippen molar-refractivity contribution in [2.24, 2.45) is 0 Å². The van der Waals surface area contributed by atoms with E-state index in [1.807, 2.05) is 29.8 Å². The van der Waals surface area contributed by atoms with Crippen LogP contribution >= 0.6 is 23.2 Å². The Balaban J connectivity index is 1.68. The Kier molecular flexibility index (Phi) is 4.41. The highest BCUT2D eigenvalue weighted by molar-refractivity contribution is 6.35. The second-order valence-electron chi connectivity index (χ2n) is 4.98. The summed E-state index contributed by atoms with van der Waals surface area (Å²) >= 11 is 11.8. The number of anilines is 1. The van der Waals surface area contributed by atoms with Gasteiger partial charge in [-0.3, -0.25) is 4.79 Å². The zero-order chi connectivity index (χ0) is 16.4. The van der Waals surface area contributed by atoms with Crippen LogP contribution in [0.1, 0.15) is 5.69 Å². The molecule has 0 aliphatic carbocycles. The van der Waals surface area contributed by atoms with Crippen molar-refractivity contribution < 1.29 is 9.53 Å². The number of nitrogens with zero attached hydrogens (tertiary/aromatic N) is 2. The summed E-state index contributed by atoms with van der Waals surface area (Å²) in [6.07, 6.45) is 3.76. The lowest BCUT2D eigenvalue weighted by Gasteiger charge is -2.09. The molecule has 7 heteroatoms. The molecule has 1 aromatic carbocycles. The van der Waals surface area contributed by atoms with E-state index in [9.17, 15) is 4.79 Å². The zero-order valence-electron chi connectivity index (χ0n) is 12.2. The molecule has 0 fully saturated rings. The fourth-order valence-corrected chi connectivity index (χ4v) is 2.71. The predicted octanol–water partition coefficient (Wildman–Crippen LogP) is 3.97. The molecular formula is C16H13Cl2N3O2. The Bertz CT molecular complexity index is 857. The van der Waals surface area contributed by atoms with Gasteiger partial charge >= 0.3 is 0 Å². The van der Waals surface area contributed by atoms with E-state index < -0.39 is 0 Å². The van der Waals surface area contributed by atoms with E-state index in [1.165, 1.54) is 0 Å². The van der Waals surface area contributed by atoms with E-state index >= 15 is 0 Å². The maximum atomic E-state index is 12.0. The summed E-state index contributed by atoms with van der Waals surface area (Å²) in [6.45, 7) is 1.75. The van der Waals surface area contributed by atoms with E-state index in [-0.39, 0.29) is 12.5 Å². The first-order chi connectivity index (χ1) is 11.0. The van der Waals surface area contributed by atoms with Crippen LogP contribution in [0.15, 0.2) is 42.7 Å². The van der Waals surface area contributed by atoms with Crippen molar-refractivity contribution in [1.29, 1.82) is 0 Å². The van der Waals surface area contributed by atoms with Crippen molar-refractivity contribution >= 4 is 40.4 Å². The molecule has 5 nitrogen and oxygen atoms in total. The minimum Gasteiger partial charge on any atom is -0.480 e. The van der Waals surface area contributed by atoms with E-state index in [4.69, 9.17) is 27.9 Å². The summed E-state index contributed by atoms with van der Waals surface area (Å²) in [5.41, 5.74) is 2.06. The van der Waals surface area contributed by atoms with Gasteiger partial charge in [0.2, 0.25) is 0 Å². The minimum absolute atomic E-state index is 0.143. The van der Waals surface area contributed by atoms with Gasteiger partial charge in [0.05, 0.1) is 5.69 Å². The molecule has 0 unspecified atom stereocenters. The number of amides is 1. The molecule has 0 aliphatic rings. The molecular weight excluding hydrogens is 337 g/mol. The third-order valence-electron chi connectivity index (χ3n) is 3.07. The number of pyridine rings is 1. The summed E-state index contributed by atoms with van der Waals surface area (Å²) in [5.74, 6) is 0.230. The normalized spacial score (nSPS) is 10.7. The quantitative estimate of drug-likeness (QED) is 0.775. The first-order valence-electron chi connectivity index (χ1n) is 6.84. The molecule has 0 radical (unpaired) electrons. The highest BCUT2D eigenvalue weighted by Gasteiger charge is 2.09. The Morgan fingerprint density at radius 1 is 1.30 bits per heavy atom. The van der Waals surface area contributed by atoms with Crippen LogP contribution in [-0.2, 0) is 4.79 Å². The van der Waals surface area contributed by atoms with Crippen molar-refractivity contribution in [3.63, 3.8) is 0 Å². The maximum Gasteiger partial charge on any atom is 0.262 e. The average molecular weight is 350 g/mol. The van der Waals surface area contributed by atoms with E-state index in [1.54, 1.807) is 24.3 Å². The summed E-state index contributed by atoms with van der Waals surface area (Å²) in [7, 11) is 0. The molecule has 118 valence electrons. The summed E-state index contributed by atoms with van der Waals surface area (Å²) in [4.78, 5) is 16.4. The van der Waals surface area contributed by atoms with Crippen LogP contribution in [0.25, 0.3) is 5.65 Å². The Labute approximate surface area is 142 Å². The van der Waals surface area contributed by atoms with Crippen LogP contribution in [0.5, 0.6) is 5.75 Å². The summed E-state index contributed by atoms with van der Waals surface area (Å²) in [5, 5.41) is 3.59. The van der Waals surface area contributed by atoms with Gasteiger partial charge in [-0.25, -0.2) is 4.98 Å². The third-order valence-corrected chi connectivity index (χ3v) is 3.51. The molecule has 3 aromatic rings. The summed E-state index contributed by atoms with van der Waals surface area (Å²) < 4.78 is 7.41. The molecule has 0 saturated heterocycles. The SMILES string of the molecule is Cc1cn2cccc(OCC(=O)Nc3cc(Cl)cc(Cl)c3)c2n1. The van der Waals surface area contributed by atoms with Gasteiger partial charge in [0.15, 0.2) is 18.0 Å². The molecule has 1 amide bonds. The number of aromatic nitrogens is 2. The molecule has 1 N–H and O–H groups in total. The number of imidazole rings is 1. The van der Waals surface area contributed by atoms with E-state index in [2.05, 4.69) is 10.3 Å². The number of hydrogen-bond acceptors (Lipinski definition) is 3. The topological polar surface area (TPSA) is 55.6 Å². The number of aryl methyl sites for hydroxylation is 1. The lowest BCUT2D eigenvalue weighted by molar-refractivity contribution is -0.118. The van der Waals surface area contributed by atoms with Gasteiger partial charge in [-0.05, 0) is 37.3 Å². The highest BCUT2D eigenvalue weighted by atomic mass is 35.5. The standard InChI is InChI=1S/C16H13Cl2N3O2/c1-10-8-21-4-2-3-14(16(21)19-10)23-9-15(22)20-13-6-11(17)5-12(18)7-13/h2-8H,9H2,1H3,(H,20,22). The smallest absolute Gasteiger partial charge is 0.262 e. The number of halogens is 2. The third kappa shape index (κ3) is 3.75. The van der Waals surface area contributed by atoms with Gasteiger partial charge in [-0.1, -0.05) is 23.2 Å². The minimum atomic E-state index is -0.311. The molecule has 0 bridgehead atoms.